The van der Waals surface area contributed by atoms with Crippen LogP contribution < -0.4 is 15.4 Å². The van der Waals surface area contributed by atoms with Crippen molar-refractivity contribution in [1.29, 1.82) is 0 Å². The van der Waals surface area contributed by atoms with E-state index in [1.807, 2.05) is 6.07 Å². The lowest BCUT2D eigenvalue weighted by Crippen LogP contribution is -2.52. The number of halogens is 3. The van der Waals surface area contributed by atoms with Gasteiger partial charge in [0, 0.05) is 48.8 Å². The maximum absolute atomic E-state index is 13.4. The van der Waals surface area contributed by atoms with Gasteiger partial charge in [0.05, 0.1) is 6.10 Å². The number of nitrogens with one attached hydrogen (secondary N) is 2. The second kappa shape index (κ2) is 9.37. The molecule has 0 bridgehead atoms. The smallest absolute Gasteiger partial charge is 0.433 e. The number of amides is 3. The van der Waals surface area contributed by atoms with E-state index in [9.17, 15) is 27.6 Å². The Morgan fingerprint density at radius 3 is 2.47 bits per heavy atom. The van der Waals surface area contributed by atoms with E-state index < -0.39 is 23.8 Å². The third-order valence-electron chi connectivity index (χ3n) is 8.05. The molecule has 4 aliphatic rings. The van der Waals surface area contributed by atoms with Crippen molar-refractivity contribution in [1.82, 2.24) is 20.5 Å². The third kappa shape index (κ3) is 4.42. The molecule has 200 valence electrons. The van der Waals surface area contributed by atoms with Gasteiger partial charge in [0.1, 0.15) is 17.5 Å². The molecule has 38 heavy (non-hydrogen) atoms. The summed E-state index contributed by atoms with van der Waals surface area (Å²) in [4.78, 5) is 42.6. The van der Waals surface area contributed by atoms with Crippen molar-refractivity contribution in [2.24, 2.45) is 0 Å². The van der Waals surface area contributed by atoms with Crippen molar-refractivity contribution in [3.8, 4) is 5.75 Å². The Balaban J connectivity index is 1.31. The fraction of sp³-hybridized carbons (Fsp3) is 0.481. The van der Waals surface area contributed by atoms with Gasteiger partial charge in [0.15, 0.2) is 0 Å². The monoisotopic (exact) mass is 528 g/mol. The van der Waals surface area contributed by atoms with Gasteiger partial charge in [-0.25, -0.2) is 0 Å². The van der Waals surface area contributed by atoms with Crippen LogP contribution in [-0.2, 0) is 22.3 Å². The molecule has 2 N–H and O–H groups in total. The van der Waals surface area contributed by atoms with Crippen LogP contribution in [0.2, 0.25) is 0 Å². The Hall–Kier alpha value is -3.47. The molecule has 1 aromatic heterocycles. The first-order valence-corrected chi connectivity index (χ1v) is 12.9. The van der Waals surface area contributed by atoms with Crippen LogP contribution in [0.25, 0.3) is 0 Å². The van der Waals surface area contributed by atoms with Gasteiger partial charge in [-0.2, -0.15) is 13.2 Å². The van der Waals surface area contributed by atoms with Crippen LogP contribution in [-0.4, -0.2) is 46.3 Å². The highest BCUT2D eigenvalue weighted by Crippen LogP contribution is 2.45. The molecular weight excluding hydrogens is 501 g/mol. The van der Waals surface area contributed by atoms with Crippen LogP contribution in [0.4, 0.5) is 13.2 Å². The van der Waals surface area contributed by atoms with Crippen LogP contribution in [0.3, 0.4) is 0 Å². The fourth-order valence-electron chi connectivity index (χ4n) is 5.92. The van der Waals surface area contributed by atoms with Crippen molar-refractivity contribution in [3.05, 3.63) is 58.4 Å². The van der Waals surface area contributed by atoms with Crippen LogP contribution in [0, 0.1) is 0 Å². The molecule has 3 amide bonds. The number of piperidine rings is 1. The molecule has 1 saturated carbocycles. The molecule has 3 fully saturated rings. The normalized spacial score (nSPS) is 25.8. The largest absolute Gasteiger partial charge is 0.490 e. The van der Waals surface area contributed by atoms with Crippen LogP contribution in [0.15, 0.2) is 30.5 Å². The summed E-state index contributed by atoms with van der Waals surface area (Å²) in [7, 11) is 0. The molecule has 1 aliphatic carbocycles. The lowest BCUT2D eigenvalue weighted by Gasteiger charge is -2.40. The molecule has 6 rings (SSSR count). The molecule has 4 heterocycles. The molecule has 2 aromatic rings. The van der Waals surface area contributed by atoms with Gasteiger partial charge in [-0.05, 0) is 61.4 Å². The third-order valence-corrected chi connectivity index (χ3v) is 8.05. The Bertz CT molecular complexity index is 1290. The van der Waals surface area contributed by atoms with Crippen LogP contribution >= 0.6 is 0 Å². The van der Waals surface area contributed by atoms with E-state index in [1.54, 1.807) is 6.07 Å². The summed E-state index contributed by atoms with van der Waals surface area (Å²) in [5.41, 5.74) is 1.73. The molecule has 0 spiro atoms. The maximum atomic E-state index is 13.4. The number of benzene rings is 1. The number of hydrogen-bond acceptors (Lipinski definition) is 6. The van der Waals surface area contributed by atoms with E-state index in [1.165, 1.54) is 17.2 Å². The minimum Gasteiger partial charge on any atom is -0.490 e. The minimum atomic E-state index is -4.51. The number of alkyl halides is 3. The lowest BCUT2D eigenvalue weighted by molar-refractivity contribution is -0.141. The average Bonchev–Trinajstić information content (AvgIpc) is 3.46. The number of fused-ring (bicyclic) bond motifs is 1. The summed E-state index contributed by atoms with van der Waals surface area (Å²) in [6.07, 6.45) is 1.28. The molecule has 8 nitrogen and oxygen atoms in total. The van der Waals surface area contributed by atoms with E-state index in [0.717, 1.165) is 42.9 Å². The van der Waals surface area contributed by atoms with E-state index in [2.05, 4.69) is 15.6 Å². The van der Waals surface area contributed by atoms with Crippen molar-refractivity contribution in [2.75, 3.05) is 6.54 Å². The first kappa shape index (κ1) is 24.8. The average molecular weight is 529 g/mol. The highest BCUT2D eigenvalue weighted by atomic mass is 19.4. The van der Waals surface area contributed by atoms with Gasteiger partial charge in [0.2, 0.25) is 11.8 Å². The lowest BCUT2D eigenvalue weighted by atomic mass is 9.80. The SMILES string of the molecule is O=C1CCC(N2Cc3cc(OC4CCCC4)c(C4NCC4c4ccc(C(F)(F)F)nc4)cc3C2=O)C(=O)N1. The quantitative estimate of drug-likeness (QED) is 0.576. The number of carbonyl (C=O) groups excluding carboxylic acids is 3. The second-order valence-corrected chi connectivity index (χ2v) is 10.4. The summed E-state index contributed by atoms with van der Waals surface area (Å²) < 4.78 is 45.5. The topological polar surface area (TPSA) is 101 Å². The number of rotatable bonds is 5. The van der Waals surface area contributed by atoms with E-state index >= 15 is 0 Å². The fourth-order valence-corrected chi connectivity index (χ4v) is 5.92. The molecule has 0 radical (unpaired) electrons. The standard InChI is InChI=1S/C27H27F3N4O4/c28-27(29,30)22-7-5-14(11-31-22)19-12-32-24(19)18-10-17-15(9-21(18)38-16-3-1-2-4-16)13-34(26(17)37)20-6-8-23(35)33-25(20)36/h5,7,9-11,16,19-20,24,32H,1-4,6,8,12-13H2,(H,33,35,36). The van der Waals surface area contributed by atoms with Gasteiger partial charge >= 0.3 is 6.18 Å². The van der Waals surface area contributed by atoms with Crippen LogP contribution in [0.1, 0.15) is 83.2 Å². The zero-order valence-corrected chi connectivity index (χ0v) is 20.5. The van der Waals surface area contributed by atoms with Crippen molar-refractivity contribution in [3.63, 3.8) is 0 Å². The van der Waals surface area contributed by atoms with Crippen LogP contribution in [0.5, 0.6) is 5.75 Å². The van der Waals surface area contributed by atoms with Gasteiger partial charge in [-0.1, -0.05) is 6.07 Å². The van der Waals surface area contributed by atoms with Crippen molar-refractivity contribution < 1.29 is 32.3 Å². The highest BCUT2D eigenvalue weighted by molar-refractivity contribution is 6.05. The number of pyridine rings is 1. The predicted octanol–water partition coefficient (Wildman–Crippen LogP) is 3.61. The van der Waals surface area contributed by atoms with E-state index in [-0.39, 0.29) is 49.3 Å². The van der Waals surface area contributed by atoms with Crippen molar-refractivity contribution >= 4 is 17.7 Å². The Labute approximate surface area is 216 Å². The van der Waals surface area contributed by atoms with Gasteiger partial charge in [-0.15, -0.1) is 0 Å². The molecule has 3 atom stereocenters. The number of aromatic nitrogens is 1. The molecular formula is C27H27F3N4O4. The number of carbonyl (C=O) groups is 3. The zero-order valence-electron chi connectivity index (χ0n) is 20.5. The highest BCUT2D eigenvalue weighted by Gasteiger charge is 2.42. The first-order chi connectivity index (χ1) is 18.2. The Kier molecular flexibility index (Phi) is 6.13. The van der Waals surface area contributed by atoms with E-state index in [4.69, 9.17) is 4.74 Å². The minimum absolute atomic E-state index is 0.0569. The molecule has 1 aromatic carbocycles. The second-order valence-electron chi connectivity index (χ2n) is 10.4. The Morgan fingerprint density at radius 1 is 1.05 bits per heavy atom. The number of imide groups is 1. The maximum Gasteiger partial charge on any atom is 0.433 e. The Morgan fingerprint density at radius 2 is 1.84 bits per heavy atom. The molecule has 2 saturated heterocycles. The number of hydrogen-bond donors (Lipinski definition) is 2. The number of nitrogens with zero attached hydrogens (tertiary/aromatic N) is 2. The molecule has 11 heteroatoms. The predicted molar refractivity (Wildman–Crippen MR) is 128 cm³/mol. The summed E-state index contributed by atoms with van der Waals surface area (Å²) in [6.45, 7) is 0.792. The summed E-state index contributed by atoms with van der Waals surface area (Å²) in [6, 6.07) is 5.12. The van der Waals surface area contributed by atoms with Gasteiger partial charge in [0.25, 0.3) is 5.91 Å². The van der Waals surface area contributed by atoms with E-state index in [0.29, 0.717) is 23.4 Å². The molecule has 3 aliphatic heterocycles. The number of ether oxygens (including phenoxy) is 1. The summed E-state index contributed by atoms with van der Waals surface area (Å²) in [5.74, 6) is -0.590. The van der Waals surface area contributed by atoms with Gasteiger partial charge in [-0.3, -0.25) is 24.7 Å². The molecule has 3 unspecified atom stereocenters. The van der Waals surface area contributed by atoms with Gasteiger partial charge < -0.3 is 15.0 Å². The summed E-state index contributed by atoms with van der Waals surface area (Å²) in [5, 5.41) is 5.67. The first-order valence-electron chi connectivity index (χ1n) is 12.9. The zero-order chi connectivity index (χ0) is 26.6. The summed E-state index contributed by atoms with van der Waals surface area (Å²) >= 11 is 0. The van der Waals surface area contributed by atoms with Crippen molar-refractivity contribution in [2.45, 2.75) is 75.4 Å².